The summed E-state index contributed by atoms with van der Waals surface area (Å²) in [6.07, 6.45) is 1.21. The van der Waals surface area contributed by atoms with Gasteiger partial charge in [0.05, 0.1) is 6.61 Å². The van der Waals surface area contributed by atoms with Gasteiger partial charge in [-0.15, -0.1) is 0 Å². The zero-order valence-corrected chi connectivity index (χ0v) is 13.6. The lowest BCUT2D eigenvalue weighted by Gasteiger charge is -2.32. The minimum Gasteiger partial charge on any atom is -0.508 e. The molecule has 3 N–H and O–H groups in total. The average molecular weight is 330 g/mol. The number of ether oxygens (including phenoxy) is 1. The topological polar surface area (TPSA) is 87.0 Å². The van der Waals surface area contributed by atoms with E-state index in [2.05, 4.69) is 0 Å². The average Bonchev–Trinajstić information content (AvgIpc) is 2.59. The Balaban J connectivity index is 2.61. The molecule has 2 rings (SSSR count). The lowest BCUT2D eigenvalue weighted by atomic mass is 9.71. The molecule has 0 aliphatic heterocycles. The fraction of sp³-hybridized carbons (Fsp3) is 0.316. The summed E-state index contributed by atoms with van der Waals surface area (Å²) >= 11 is 0. The van der Waals surface area contributed by atoms with Crippen LogP contribution in [0.2, 0.25) is 0 Å². The molecular formula is C19H22O5. The first-order valence-corrected chi connectivity index (χ1v) is 7.91. The van der Waals surface area contributed by atoms with E-state index < -0.39 is 11.4 Å². The summed E-state index contributed by atoms with van der Waals surface area (Å²) < 4.78 is 5.26. The van der Waals surface area contributed by atoms with Crippen molar-refractivity contribution >= 4 is 5.97 Å². The van der Waals surface area contributed by atoms with Gasteiger partial charge < -0.3 is 20.1 Å². The summed E-state index contributed by atoms with van der Waals surface area (Å²) in [5, 5.41) is 28.1. The Bertz CT molecular complexity index is 616. The second kappa shape index (κ2) is 7.84. The second-order valence-corrected chi connectivity index (χ2v) is 5.61. The van der Waals surface area contributed by atoms with Gasteiger partial charge in [-0.3, -0.25) is 4.79 Å². The zero-order valence-electron chi connectivity index (χ0n) is 13.6. The normalized spacial score (nSPS) is 11.2. The number of aliphatic hydroxyl groups is 1. The molecule has 0 radical (unpaired) electrons. The third-order valence-corrected chi connectivity index (χ3v) is 4.02. The second-order valence-electron chi connectivity index (χ2n) is 5.61. The molecule has 0 spiro atoms. The Morgan fingerprint density at radius 3 is 1.79 bits per heavy atom. The molecule has 0 aliphatic rings. The maximum atomic E-state index is 12.9. The number of aliphatic hydroxyl groups excluding tert-OH is 1. The van der Waals surface area contributed by atoms with E-state index in [9.17, 15) is 15.0 Å². The van der Waals surface area contributed by atoms with Gasteiger partial charge in [0.25, 0.3) is 0 Å². The predicted octanol–water partition coefficient (Wildman–Crippen LogP) is 2.72. The van der Waals surface area contributed by atoms with Crippen molar-refractivity contribution in [3.05, 3.63) is 59.7 Å². The SMILES string of the molecule is CCCC(C(=O)OCCO)(c1ccc(O)cc1)c1ccc(O)cc1. The smallest absolute Gasteiger partial charge is 0.321 e. The molecule has 0 unspecified atom stereocenters. The van der Waals surface area contributed by atoms with Gasteiger partial charge in [0.2, 0.25) is 0 Å². The number of aromatic hydroxyl groups is 2. The van der Waals surface area contributed by atoms with Gasteiger partial charge >= 0.3 is 5.97 Å². The fourth-order valence-corrected chi connectivity index (χ4v) is 2.92. The van der Waals surface area contributed by atoms with Crippen molar-refractivity contribution in [2.45, 2.75) is 25.2 Å². The van der Waals surface area contributed by atoms with Crippen molar-refractivity contribution in [1.82, 2.24) is 0 Å². The molecule has 0 bridgehead atoms. The molecular weight excluding hydrogens is 308 g/mol. The molecule has 0 atom stereocenters. The van der Waals surface area contributed by atoms with Crippen molar-refractivity contribution in [2.75, 3.05) is 13.2 Å². The highest BCUT2D eigenvalue weighted by Gasteiger charge is 2.42. The van der Waals surface area contributed by atoms with Crippen LogP contribution in [-0.4, -0.2) is 34.5 Å². The number of carbonyl (C=O) groups is 1. The number of carbonyl (C=O) groups excluding carboxylic acids is 1. The molecule has 0 saturated heterocycles. The maximum Gasteiger partial charge on any atom is 0.321 e. The number of benzene rings is 2. The van der Waals surface area contributed by atoms with Crippen LogP contribution in [-0.2, 0) is 14.9 Å². The van der Waals surface area contributed by atoms with Gasteiger partial charge in [0.15, 0.2) is 0 Å². The van der Waals surface area contributed by atoms with Crippen LogP contribution >= 0.6 is 0 Å². The minimum absolute atomic E-state index is 0.0829. The van der Waals surface area contributed by atoms with E-state index >= 15 is 0 Å². The first-order valence-electron chi connectivity index (χ1n) is 7.91. The Morgan fingerprint density at radius 2 is 1.42 bits per heavy atom. The first-order chi connectivity index (χ1) is 11.5. The van der Waals surface area contributed by atoms with Crippen LogP contribution < -0.4 is 0 Å². The van der Waals surface area contributed by atoms with Gasteiger partial charge in [-0.05, 0) is 41.8 Å². The van der Waals surface area contributed by atoms with Crippen LogP contribution in [0.3, 0.4) is 0 Å². The third kappa shape index (κ3) is 3.51. The number of phenolic OH excluding ortho intramolecular Hbond substituents is 2. The number of hydrogen-bond donors (Lipinski definition) is 3. The van der Waals surface area contributed by atoms with Crippen LogP contribution in [0.1, 0.15) is 30.9 Å². The molecule has 0 aliphatic carbocycles. The van der Waals surface area contributed by atoms with Crippen molar-refractivity contribution in [2.24, 2.45) is 0 Å². The zero-order chi connectivity index (χ0) is 17.6. The van der Waals surface area contributed by atoms with Crippen molar-refractivity contribution < 1.29 is 24.9 Å². The molecule has 2 aromatic carbocycles. The van der Waals surface area contributed by atoms with Gasteiger partial charge in [0, 0.05) is 0 Å². The standard InChI is InChI=1S/C19H22O5/c1-2-11-19(18(23)24-13-12-20,14-3-7-16(21)8-4-14)15-5-9-17(22)10-6-15/h3-10,20-22H,2,11-13H2,1H3. The maximum absolute atomic E-state index is 12.9. The first kappa shape index (κ1) is 17.8. The summed E-state index contributed by atoms with van der Waals surface area (Å²) in [6, 6.07) is 12.9. The lowest BCUT2D eigenvalue weighted by molar-refractivity contribution is -0.150. The quantitative estimate of drug-likeness (QED) is 0.680. The summed E-state index contributed by atoms with van der Waals surface area (Å²) in [6.45, 7) is 1.63. The van der Waals surface area contributed by atoms with E-state index in [4.69, 9.17) is 9.84 Å². The molecule has 0 amide bonds. The van der Waals surface area contributed by atoms with Crippen LogP contribution in [0.5, 0.6) is 11.5 Å². The summed E-state index contributed by atoms with van der Waals surface area (Å²) in [5.74, 6) is -0.244. The van der Waals surface area contributed by atoms with Crippen LogP contribution in [0.25, 0.3) is 0 Å². The van der Waals surface area contributed by atoms with E-state index in [-0.39, 0.29) is 24.7 Å². The van der Waals surface area contributed by atoms with Crippen molar-refractivity contribution in [1.29, 1.82) is 0 Å². The largest absolute Gasteiger partial charge is 0.508 e. The van der Waals surface area contributed by atoms with Crippen LogP contribution in [0.15, 0.2) is 48.5 Å². The highest BCUT2D eigenvalue weighted by Crippen LogP contribution is 2.39. The predicted molar refractivity (Wildman–Crippen MR) is 89.9 cm³/mol. The lowest BCUT2D eigenvalue weighted by Crippen LogP contribution is -2.39. The Labute approximate surface area is 141 Å². The molecule has 0 saturated carbocycles. The third-order valence-electron chi connectivity index (χ3n) is 4.02. The van der Waals surface area contributed by atoms with Crippen LogP contribution in [0, 0.1) is 0 Å². The molecule has 5 heteroatoms. The molecule has 0 aromatic heterocycles. The van der Waals surface area contributed by atoms with Crippen LogP contribution in [0.4, 0.5) is 0 Å². The fourth-order valence-electron chi connectivity index (χ4n) is 2.92. The van der Waals surface area contributed by atoms with E-state index in [1.807, 2.05) is 6.92 Å². The highest BCUT2D eigenvalue weighted by molar-refractivity contribution is 5.87. The summed E-state index contributed by atoms with van der Waals surface area (Å²) in [7, 11) is 0. The summed E-state index contributed by atoms with van der Waals surface area (Å²) in [5.41, 5.74) is 0.317. The number of hydrogen-bond acceptors (Lipinski definition) is 5. The van der Waals surface area contributed by atoms with Crippen molar-refractivity contribution in [3.63, 3.8) is 0 Å². The monoisotopic (exact) mass is 330 g/mol. The molecule has 0 fully saturated rings. The number of phenols is 2. The summed E-state index contributed by atoms with van der Waals surface area (Å²) in [4.78, 5) is 12.9. The molecule has 2 aromatic rings. The Hall–Kier alpha value is -2.53. The molecule has 24 heavy (non-hydrogen) atoms. The van der Waals surface area contributed by atoms with E-state index in [0.29, 0.717) is 17.5 Å². The Kier molecular flexibility index (Phi) is 5.82. The van der Waals surface area contributed by atoms with E-state index in [0.717, 1.165) is 6.42 Å². The van der Waals surface area contributed by atoms with Gasteiger partial charge in [-0.1, -0.05) is 37.6 Å². The van der Waals surface area contributed by atoms with Gasteiger partial charge in [-0.2, -0.15) is 0 Å². The highest BCUT2D eigenvalue weighted by atomic mass is 16.5. The van der Waals surface area contributed by atoms with E-state index in [1.165, 1.54) is 24.3 Å². The van der Waals surface area contributed by atoms with Gasteiger partial charge in [-0.25, -0.2) is 0 Å². The molecule has 0 heterocycles. The minimum atomic E-state index is -1.06. The number of esters is 1. The molecule has 128 valence electrons. The van der Waals surface area contributed by atoms with E-state index in [1.54, 1.807) is 24.3 Å². The van der Waals surface area contributed by atoms with Crippen molar-refractivity contribution in [3.8, 4) is 11.5 Å². The molecule has 5 nitrogen and oxygen atoms in total. The van der Waals surface area contributed by atoms with Gasteiger partial charge in [0.1, 0.15) is 23.5 Å². The Morgan fingerprint density at radius 1 is 0.958 bits per heavy atom. The number of rotatable bonds is 7.